The van der Waals surface area contributed by atoms with Crippen LogP contribution >= 0.6 is 11.8 Å². The molecule has 0 spiro atoms. The molecule has 0 atom stereocenters. The fourth-order valence-corrected chi connectivity index (χ4v) is 1.26. The van der Waals surface area contributed by atoms with E-state index in [4.69, 9.17) is 10.4 Å². The predicted octanol–water partition coefficient (Wildman–Crippen LogP) is 2.41. The fourth-order valence-electron chi connectivity index (χ4n) is 0.772. The molecule has 4 heteroatoms. The van der Waals surface area contributed by atoms with Crippen molar-refractivity contribution in [1.82, 2.24) is 0 Å². The summed E-state index contributed by atoms with van der Waals surface area (Å²) in [6, 6.07) is 2.45. The number of thioether (sulfide) groups is 1. The maximum absolute atomic E-state index is 12.9. The summed E-state index contributed by atoms with van der Waals surface area (Å²) in [5, 5.41) is 19.1. The molecule has 0 unspecified atom stereocenters. The maximum atomic E-state index is 12.9. The molecule has 0 saturated carbocycles. The van der Waals surface area contributed by atoms with Gasteiger partial charge in [0.05, 0.1) is 4.90 Å². The number of nitriles is 1. The molecule has 1 N–H and O–H groups in total. The molecule has 0 aliphatic rings. The Morgan fingerprint density at radius 1 is 1.58 bits per heavy atom. The van der Waals surface area contributed by atoms with Crippen molar-refractivity contribution >= 4 is 11.8 Å². The van der Waals surface area contributed by atoms with Crippen molar-refractivity contribution in [2.75, 3.05) is 0 Å². The summed E-state index contributed by atoms with van der Waals surface area (Å²) in [6.45, 7) is 1.65. The van der Waals surface area contributed by atoms with Gasteiger partial charge in [-0.25, -0.2) is 4.39 Å². The highest BCUT2D eigenvalue weighted by molar-refractivity contribution is 8.03. The first kappa shape index (κ1) is 8.88. The minimum atomic E-state index is -0.565. The van der Waals surface area contributed by atoms with Crippen molar-refractivity contribution in [2.24, 2.45) is 0 Å². The Labute approximate surface area is 73.6 Å². The molecule has 1 aromatic carbocycles. The van der Waals surface area contributed by atoms with E-state index < -0.39 is 5.82 Å². The second kappa shape index (κ2) is 3.46. The molecule has 2 nitrogen and oxygen atoms in total. The number of phenolic OH excluding ortho intramolecular Hbond substituents is 1. The Balaban J connectivity index is 3.16. The van der Waals surface area contributed by atoms with Crippen LogP contribution in [-0.2, 0) is 0 Å². The molecule has 0 aliphatic carbocycles. The van der Waals surface area contributed by atoms with E-state index in [1.807, 2.05) is 0 Å². The largest absolute Gasteiger partial charge is 0.508 e. The van der Waals surface area contributed by atoms with Gasteiger partial charge in [0.25, 0.3) is 0 Å². The summed E-state index contributed by atoms with van der Waals surface area (Å²) < 4.78 is 12.9. The standard InChI is InChI=1S/C8H6FNOS/c1-5-2-8(12-4-10)6(9)3-7(5)11/h2-3,11H,1H3. The average Bonchev–Trinajstić information content (AvgIpc) is 2.01. The van der Waals surface area contributed by atoms with Gasteiger partial charge in [-0.2, -0.15) is 5.26 Å². The molecule has 0 saturated heterocycles. The van der Waals surface area contributed by atoms with Crippen LogP contribution in [0.25, 0.3) is 0 Å². The van der Waals surface area contributed by atoms with Crippen LogP contribution in [0.3, 0.4) is 0 Å². The summed E-state index contributed by atoms with van der Waals surface area (Å²) in [5.41, 5.74) is 0.564. The number of nitrogens with zero attached hydrogens (tertiary/aromatic N) is 1. The van der Waals surface area contributed by atoms with Gasteiger partial charge in [-0.05, 0) is 30.3 Å². The van der Waals surface area contributed by atoms with Gasteiger partial charge in [0, 0.05) is 6.07 Å². The summed E-state index contributed by atoms with van der Waals surface area (Å²) in [5.74, 6) is -0.653. The molecular weight excluding hydrogens is 177 g/mol. The highest BCUT2D eigenvalue weighted by Gasteiger charge is 2.06. The molecule has 0 fully saturated rings. The number of hydrogen-bond acceptors (Lipinski definition) is 3. The van der Waals surface area contributed by atoms with Crippen LogP contribution < -0.4 is 0 Å². The van der Waals surface area contributed by atoms with E-state index in [-0.39, 0.29) is 10.6 Å². The Hall–Kier alpha value is -1.21. The van der Waals surface area contributed by atoms with E-state index in [9.17, 15) is 4.39 Å². The molecular formula is C8H6FNOS. The fraction of sp³-hybridized carbons (Fsp3) is 0.125. The summed E-state index contributed by atoms with van der Waals surface area (Å²) >= 11 is 0.744. The van der Waals surface area contributed by atoms with Crippen LogP contribution in [0.5, 0.6) is 5.75 Å². The minimum absolute atomic E-state index is 0.0882. The third-order valence-electron chi connectivity index (χ3n) is 1.41. The molecule has 0 aromatic heterocycles. The normalized spacial score (nSPS) is 9.42. The molecule has 62 valence electrons. The zero-order valence-corrected chi connectivity index (χ0v) is 7.15. The molecule has 0 heterocycles. The van der Waals surface area contributed by atoms with E-state index in [1.165, 1.54) is 6.07 Å². The average molecular weight is 183 g/mol. The van der Waals surface area contributed by atoms with Gasteiger partial charge in [-0.1, -0.05) is 0 Å². The molecule has 0 bridgehead atoms. The lowest BCUT2D eigenvalue weighted by Gasteiger charge is -2.01. The zero-order chi connectivity index (χ0) is 9.14. The lowest BCUT2D eigenvalue weighted by Crippen LogP contribution is -1.82. The number of aromatic hydroxyl groups is 1. The first-order valence-electron chi connectivity index (χ1n) is 3.20. The summed E-state index contributed by atoms with van der Waals surface area (Å²) in [7, 11) is 0. The van der Waals surface area contributed by atoms with Crippen LogP contribution in [0.2, 0.25) is 0 Å². The van der Waals surface area contributed by atoms with Gasteiger partial charge in [0.1, 0.15) is 17.0 Å². The monoisotopic (exact) mass is 183 g/mol. The van der Waals surface area contributed by atoms with Gasteiger partial charge in [0.15, 0.2) is 0 Å². The highest BCUT2D eigenvalue weighted by Crippen LogP contribution is 2.27. The number of phenols is 1. The molecule has 0 amide bonds. The van der Waals surface area contributed by atoms with E-state index in [1.54, 1.807) is 12.3 Å². The lowest BCUT2D eigenvalue weighted by atomic mass is 10.2. The molecule has 1 aromatic rings. The van der Waals surface area contributed by atoms with Crippen molar-refractivity contribution in [3.63, 3.8) is 0 Å². The Bertz CT molecular complexity index is 346. The minimum Gasteiger partial charge on any atom is -0.508 e. The number of halogens is 1. The van der Waals surface area contributed by atoms with Crippen LogP contribution in [0.15, 0.2) is 17.0 Å². The van der Waals surface area contributed by atoms with Crippen molar-refractivity contribution in [1.29, 1.82) is 5.26 Å². The van der Waals surface area contributed by atoms with Crippen molar-refractivity contribution in [3.05, 3.63) is 23.5 Å². The number of benzene rings is 1. The Kier molecular flexibility index (Phi) is 2.56. The third-order valence-corrected chi connectivity index (χ3v) is 2.03. The number of rotatable bonds is 1. The summed E-state index contributed by atoms with van der Waals surface area (Å²) in [4.78, 5) is 0.243. The van der Waals surface area contributed by atoms with E-state index in [2.05, 4.69) is 0 Å². The molecule has 0 aliphatic heterocycles. The van der Waals surface area contributed by atoms with Crippen molar-refractivity contribution < 1.29 is 9.50 Å². The SMILES string of the molecule is Cc1cc(SC#N)c(F)cc1O. The molecule has 12 heavy (non-hydrogen) atoms. The first-order valence-corrected chi connectivity index (χ1v) is 4.02. The van der Waals surface area contributed by atoms with E-state index in [0.717, 1.165) is 17.8 Å². The van der Waals surface area contributed by atoms with Gasteiger partial charge in [-0.3, -0.25) is 0 Å². The van der Waals surface area contributed by atoms with Crippen LogP contribution in [0, 0.1) is 23.4 Å². The lowest BCUT2D eigenvalue weighted by molar-refractivity contribution is 0.462. The second-order valence-corrected chi connectivity index (χ2v) is 3.09. The smallest absolute Gasteiger partial charge is 0.141 e. The molecule has 1 rings (SSSR count). The maximum Gasteiger partial charge on any atom is 0.141 e. The zero-order valence-electron chi connectivity index (χ0n) is 6.34. The Morgan fingerprint density at radius 2 is 2.25 bits per heavy atom. The highest BCUT2D eigenvalue weighted by atomic mass is 32.2. The van der Waals surface area contributed by atoms with Crippen molar-refractivity contribution in [3.8, 4) is 11.2 Å². The summed E-state index contributed by atoms with van der Waals surface area (Å²) in [6.07, 6.45) is 0. The van der Waals surface area contributed by atoms with Gasteiger partial charge in [-0.15, -0.1) is 0 Å². The van der Waals surface area contributed by atoms with Crippen LogP contribution in [0.4, 0.5) is 4.39 Å². The van der Waals surface area contributed by atoms with Crippen LogP contribution in [-0.4, -0.2) is 5.11 Å². The second-order valence-electron chi connectivity index (χ2n) is 2.26. The van der Waals surface area contributed by atoms with E-state index in [0.29, 0.717) is 5.56 Å². The quantitative estimate of drug-likeness (QED) is 0.537. The number of thiocyanates is 1. The van der Waals surface area contributed by atoms with Gasteiger partial charge < -0.3 is 5.11 Å². The number of aryl methyl sites for hydroxylation is 1. The number of hydrogen-bond donors (Lipinski definition) is 1. The predicted molar refractivity (Wildman–Crippen MR) is 44.3 cm³/mol. The van der Waals surface area contributed by atoms with E-state index >= 15 is 0 Å². The topological polar surface area (TPSA) is 44.0 Å². The van der Waals surface area contributed by atoms with Gasteiger partial charge >= 0.3 is 0 Å². The van der Waals surface area contributed by atoms with Crippen LogP contribution in [0.1, 0.15) is 5.56 Å². The van der Waals surface area contributed by atoms with Gasteiger partial charge in [0.2, 0.25) is 0 Å². The Morgan fingerprint density at radius 3 is 2.83 bits per heavy atom. The third kappa shape index (κ3) is 1.69. The van der Waals surface area contributed by atoms with Crippen molar-refractivity contribution in [2.45, 2.75) is 11.8 Å². The molecule has 0 radical (unpaired) electrons. The first-order chi connectivity index (χ1) is 5.65.